The summed E-state index contributed by atoms with van der Waals surface area (Å²) in [5.41, 5.74) is 7.21. The number of fused-ring (bicyclic) bond motifs is 1. The van der Waals surface area contributed by atoms with E-state index in [2.05, 4.69) is 9.97 Å². The van der Waals surface area contributed by atoms with E-state index < -0.39 is 10.0 Å². The van der Waals surface area contributed by atoms with Crippen LogP contribution >= 0.6 is 0 Å². The molecule has 0 aliphatic carbocycles. The summed E-state index contributed by atoms with van der Waals surface area (Å²) in [4.78, 5) is 8.02. The van der Waals surface area contributed by atoms with E-state index in [1.54, 1.807) is 6.20 Å². The van der Waals surface area contributed by atoms with Crippen molar-refractivity contribution in [2.24, 2.45) is 0 Å². The first-order valence-electron chi connectivity index (χ1n) is 5.61. The lowest BCUT2D eigenvalue weighted by molar-refractivity contribution is 0.387. The van der Waals surface area contributed by atoms with E-state index in [0.29, 0.717) is 25.9 Å². The number of nitrogen functional groups attached to an aromatic ring is 1. The molecule has 0 saturated heterocycles. The summed E-state index contributed by atoms with van der Waals surface area (Å²) >= 11 is 0. The summed E-state index contributed by atoms with van der Waals surface area (Å²) in [5.74, 6) is 0.437. The van der Waals surface area contributed by atoms with Gasteiger partial charge in [0.05, 0.1) is 11.4 Å². The maximum atomic E-state index is 11.9. The van der Waals surface area contributed by atoms with Crippen molar-refractivity contribution in [3.05, 3.63) is 17.5 Å². The summed E-state index contributed by atoms with van der Waals surface area (Å²) < 4.78 is 25.3. The minimum absolute atomic E-state index is 0.193. The van der Waals surface area contributed by atoms with Crippen molar-refractivity contribution in [3.8, 4) is 0 Å². The Balaban J connectivity index is 2.22. The lowest BCUT2D eigenvalue weighted by atomic mass is 10.1. The molecule has 0 radical (unpaired) electrons. The summed E-state index contributed by atoms with van der Waals surface area (Å²) in [5, 5.41) is 0. The van der Waals surface area contributed by atoms with Gasteiger partial charge in [-0.25, -0.2) is 18.4 Å². The predicted octanol–water partition coefficient (Wildman–Crippen LogP) is 0.157. The average molecular weight is 256 g/mol. The van der Waals surface area contributed by atoms with Gasteiger partial charge in [-0.1, -0.05) is 6.92 Å². The molecule has 0 aromatic carbocycles. The molecule has 0 saturated carbocycles. The number of rotatable bonds is 3. The van der Waals surface area contributed by atoms with Crippen LogP contribution in [0.1, 0.15) is 24.6 Å². The van der Waals surface area contributed by atoms with Gasteiger partial charge in [0.15, 0.2) is 0 Å². The van der Waals surface area contributed by atoms with Gasteiger partial charge in [0, 0.05) is 31.3 Å². The highest BCUT2D eigenvalue weighted by Gasteiger charge is 2.26. The fourth-order valence-corrected chi connectivity index (χ4v) is 3.41. The van der Waals surface area contributed by atoms with Crippen LogP contribution in [0.5, 0.6) is 0 Å². The van der Waals surface area contributed by atoms with Gasteiger partial charge >= 0.3 is 0 Å². The fraction of sp³-hybridized carbons (Fsp3) is 0.600. The first-order valence-corrected chi connectivity index (χ1v) is 7.22. The van der Waals surface area contributed by atoms with Gasteiger partial charge in [0.2, 0.25) is 16.0 Å². The number of anilines is 1. The number of aromatic nitrogens is 2. The first kappa shape index (κ1) is 12.3. The van der Waals surface area contributed by atoms with Crippen LogP contribution in [0.2, 0.25) is 0 Å². The minimum Gasteiger partial charge on any atom is -0.368 e. The highest BCUT2D eigenvalue weighted by molar-refractivity contribution is 7.89. The van der Waals surface area contributed by atoms with Crippen LogP contribution < -0.4 is 5.73 Å². The summed E-state index contributed by atoms with van der Waals surface area (Å²) in [7, 11) is -3.14. The molecule has 94 valence electrons. The van der Waals surface area contributed by atoms with Crippen LogP contribution in [0.4, 0.5) is 5.95 Å². The molecule has 0 unspecified atom stereocenters. The van der Waals surface area contributed by atoms with Gasteiger partial charge in [-0.2, -0.15) is 4.31 Å². The maximum absolute atomic E-state index is 11.9. The Morgan fingerprint density at radius 2 is 2.29 bits per heavy atom. The smallest absolute Gasteiger partial charge is 0.220 e. The van der Waals surface area contributed by atoms with E-state index in [-0.39, 0.29) is 11.7 Å². The van der Waals surface area contributed by atoms with Crippen LogP contribution in [0.15, 0.2) is 6.20 Å². The maximum Gasteiger partial charge on any atom is 0.220 e. The molecule has 1 aliphatic rings. The van der Waals surface area contributed by atoms with Crippen molar-refractivity contribution in [2.75, 3.05) is 18.0 Å². The van der Waals surface area contributed by atoms with Crippen molar-refractivity contribution in [1.82, 2.24) is 14.3 Å². The van der Waals surface area contributed by atoms with Crippen molar-refractivity contribution < 1.29 is 8.42 Å². The molecule has 7 heteroatoms. The number of hydrogen-bond donors (Lipinski definition) is 1. The number of nitrogens with zero attached hydrogens (tertiary/aromatic N) is 3. The zero-order valence-electron chi connectivity index (χ0n) is 9.76. The van der Waals surface area contributed by atoms with Gasteiger partial charge in [0.25, 0.3) is 0 Å². The molecule has 0 bridgehead atoms. The lowest BCUT2D eigenvalue weighted by Gasteiger charge is -2.27. The summed E-state index contributed by atoms with van der Waals surface area (Å²) in [6, 6.07) is 0. The van der Waals surface area contributed by atoms with Gasteiger partial charge in [-0.3, -0.25) is 0 Å². The molecule has 0 fully saturated rings. The van der Waals surface area contributed by atoms with E-state index in [1.807, 2.05) is 6.92 Å². The highest BCUT2D eigenvalue weighted by atomic mass is 32.2. The van der Waals surface area contributed by atoms with Crippen molar-refractivity contribution >= 4 is 16.0 Å². The Morgan fingerprint density at radius 3 is 3.00 bits per heavy atom. The molecular weight excluding hydrogens is 240 g/mol. The SMILES string of the molecule is CCCS(=O)(=O)N1CCc2nc(N)ncc2C1. The van der Waals surface area contributed by atoms with Crippen LogP contribution in [-0.2, 0) is 23.0 Å². The molecule has 0 amide bonds. The Kier molecular flexibility index (Phi) is 3.30. The molecule has 17 heavy (non-hydrogen) atoms. The van der Waals surface area contributed by atoms with Crippen molar-refractivity contribution in [2.45, 2.75) is 26.3 Å². The number of hydrogen-bond acceptors (Lipinski definition) is 5. The predicted molar refractivity (Wildman–Crippen MR) is 64.6 cm³/mol. The molecule has 0 spiro atoms. The molecule has 1 aromatic rings. The molecule has 1 aliphatic heterocycles. The van der Waals surface area contributed by atoms with Crippen LogP contribution in [0.25, 0.3) is 0 Å². The topological polar surface area (TPSA) is 89.2 Å². The third-order valence-electron chi connectivity index (χ3n) is 2.77. The zero-order chi connectivity index (χ0) is 12.5. The second kappa shape index (κ2) is 4.58. The molecule has 2 rings (SSSR count). The zero-order valence-corrected chi connectivity index (χ0v) is 10.6. The van der Waals surface area contributed by atoms with Gasteiger partial charge in [-0.05, 0) is 6.42 Å². The Bertz CT molecular complexity index is 515. The normalized spacial score (nSPS) is 16.8. The Morgan fingerprint density at radius 1 is 1.53 bits per heavy atom. The Labute approximate surface area is 101 Å². The van der Waals surface area contributed by atoms with Crippen molar-refractivity contribution in [1.29, 1.82) is 0 Å². The second-order valence-corrected chi connectivity index (χ2v) is 6.19. The van der Waals surface area contributed by atoms with E-state index >= 15 is 0 Å². The van der Waals surface area contributed by atoms with Crippen LogP contribution in [0, 0.1) is 0 Å². The van der Waals surface area contributed by atoms with E-state index in [0.717, 1.165) is 11.3 Å². The number of nitrogens with two attached hydrogens (primary N) is 1. The van der Waals surface area contributed by atoms with Crippen LogP contribution in [0.3, 0.4) is 0 Å². The van der Waals surface area contributed by atoms with Crippen LogP contribution in [-0.4, -0.2) is 35.0 Å². The molecule has 0 atom stereocenters. The van der Waals surface area contributed by atoms with Gasteiger partial charge in [-0.15, -0.1) is 0 Å². The quantitative estimate of drug-likeness (QED) is 0.832. The van der Waals surface area contributed by atoms with Gasteiger partial charge < -0.3 is 5.73 Å². The summed E-state index contributed by atoms with van der Waals surface area (Å²) in [6.07, 6.45) is 2.85. The largest absolute Gasteiger partial charge is 0.368 e. The molecule has 6 nitrogen and oxygen atoms in total. The number of sulfonamides is 1. The third kappa shape index (κ3) is 2.55. The van der Waals surface area contributed by atoms with Gasteiger partial charge in [0.1, 0.15) is 0 Å². The van der Waals surface area contributed by atoms with E-state index in [9.17, 15) is 8.42 Å². The molecule has 1 aromatic heterocycles. The third-order valence-corrected chi connectivity index (χ3v) is 4.80. The summed E-state index contributed by atoms with van der Waals surface area (Å²) in [6.45, 7) is 2.70. The molecule has 2 N–H and O–H groups in total. The monoisotopic (exact) mass is 256 g/mol. The first-order chi connectivity index (χ1) is 8.03. The standard InChI is InChI=1S/C10H16N4O2S/c1-2-5-17(15,16)14-4-3-9-8(7-14)6-12-10(11)13-9/h6H,2-5,7H2,1H3,(H2,11,12,13). The Hall–Kier alpha value is -1.21. The second-order valence-electron chi connectivity index (χ2n) is 4.10. The van der Waals surface area contributed by atoms with E-state index in [4.69, 9.17) is 5.73 Å². The lowest BCUT2D eigenvalue weighted by Crippen LogP contribution is -2.37. The molecular formula is C10H16N4O2S. The fourth-order valence-electron chi connectivity index (χ4n) is 1.93. The van der Waals surface area contributed by atoms with E-state index in [1.165, 1.54) is 4.31 Å². The molecule has 2 heterocycles. The minimum atomic E-state index is -3.14. The highest BCUT2D eigenvalue weighted by Crippen LogP contribution is 2.19. The average Bonchev–Trinajstić information content (AvgIpc) is 2.28. The van der Waals surface area contributed by atoms with Crippen molar-refractivity contribution in [3.63, 3.8) is 0 Å².